The molecule has 2 aromatic heterocycles. The second kappa shape index (κ2) is 9.46. The van der Waals surface area contributed by atoms with E-state index in [0.29, 0.717) is 22.4 Å². The molecule has 3 aromatic carbocycles. The molecule has 1 N–H and O–H groups in total. The molecule has 5 aromatic rings. The molecule has 0 atom stereocenters. The number of hydrogen-bond donors (Lipinski definition) is 1. The minimum absolute atomic E-state index is 0.106. The summed E-state index contributed by atoms with van der Waals surface area (Å²) in [6.07, 6.45) is 0. The first-order valence-corrected chi connectivity index (χ1v) is 11.4. The van der Waals surface area contributed by atoms with Crippen molar-refractivity contribution in [3.8, 4) is 11.4 Å². The van der Waals surface area contributed by atoms with E-state index in [4.69, 9.17) is 4.52 Å². The number of hydrogen-bond acceptors (Lipinski definition) is 6. The standard InChI is InChI=1S/C27H23N5O4/c1-17-12-13-21(18(2)14-17)28-23(33)15-31-22-11-7-6-10-20(22)26(34)32(27(31)35)16-24-29-25(30-36-24)19-8-4-3-5-9-19/h3-14H,15-16H2,1-2H3,(H,28,33). The largest absolute Gasteiger partial charge is 0.337 e. The molecule has 180 valence electrons. The minimum atomic E-state index is -0.645. The number of anilines is 1. The Bertz CT molecular complexity index is 1700. The van der Waals surface area contributed by atoms with Gasteiger partial charge in [0.15, 0.2) is 0 Å². The van der Waals surface area contributed by atoms with E-state index in [0.717, 1.165) is 21.3 Å². The number of rotatable bonds is 6. The highest BCUT2D eigenvalue weighted by Crippen LogP contribution is 2.17. The van der Waals surface area contributed by atoms with E-state index in [1.54, 1.807) is 24.3 Å². The van der Waals surface area contributed by atoms with Gasteiger partial charge in [-0.15, -0.1) is 0 Å². The highest BCUT2D eigenvalue weighted by atomic mass is 16.5. The number of benzene rings is 3. The second-order valence-electron chi connectivity index (χ2n) is 8.52. The summed E-state index contributed by atoms with van der Waals surface area (Å²) >= 11 is 0. The molecule has 0 aliphatic rings. The summed E-state index contributed by atoms with van der Waals surface area (Å²) in [5, 5.41) is 7.12. The van der Waals surface area contributed by atoms with Gasteiger partial charge in [-0.1, -0.05) is 65.3 Å². The van der Waals surface area contributed by atoms with E-state index in [1.165, 1.54) is 4.57 Å². The van der Waals surface area contributed by atoms with Crippen molar-refractivity contribution in [1.82, 2.24) is 19.3 Å². The van der Waals surface area contributed by atoms with Crippen LogP contribution in [0.5, 0.6) is 0 Å². The van der Waals surface area contributed by atoms with Crippen molar-refractivity contribution in [3.63, 3.8) is 0 Å². The first-order chi connectivity index (χ1) is 17.4. The summed E-state index contributed by atoms with van der Waals surface area (Å²) in [6, 6.07) is 21.6. The maximum atomic E-state index is 13.4. The highest BCUT2D eigenvalue weighted by molar-refractivity contribution is 5.92. The van der Waals surface area contributed by atoms with Crippen LogP contribution >= 0.6 is 0 Å². The monoisotopic (exact) mass is 481 g/mol. The average Bonchev–Trinajstić information content (AvgIpc) is 3.35. The van der Waals surface area contributed by atoms with E-state index in [2.05, 4.69) is 15.5 Å². The smallest absolute Gasteiger partial charge is 0.332 e. The number of aromatic nitrogens is 4. The third-order valence-corrected chi connectivity index (χ3v) is 5.88. The lowest BCUT2D eigenvalue weighted by molar-refractivity contribution is -0.116. The molecule has 0 spiro atoms. The van der Waals surface area contributed by atoms with Crippen LogP contribution in [-0.4, -0.2) is 25.2 Å². The quantitative estimate of drug-likeness (QED) is 0.397. The van der Waals surface area contributed by atoms with Gasteiger partial charge in [0.05, 0.1) is 10.9 Å². The van der Waals surface area contributed by atoms with Crippen LogP contribution in [0, 0.1) is 13.8 Å². The van der Waals surface area contributed by atoms with Gasteiger partial charge in [0.25, 0.3) is 5.56 Å². The predicted molar refractivity (Wildman–Crippen MR) is 136 cm³/mol. The van der Waals surface area contributed by atoms with Crippen molar-refractivity contribution in [1.29, 1.82) is 0 Å². The normalized spacial score (nSPS) is 11.1. The maximum Gasteiger partial charge on any atom is 0.332 e. The zero-order valence-corrected chi connectivity index (χ0v) is 19.8. The zero-order chi connectivity index (χ0) is 25.2. The van der Waals surface area contributed by atoms with Gasteiger partial charge in [-0.05, 0) is 37.6 Å². The molecule has 0 saturated carbocycles. The molecule has 0 bridgehead atoms. The Labute approximate surface area is 205 Å². The van der Waals surface area contributed by atoms with Crippen LogP contribution in [0.25, 0.3) is 22.3 Å². The summed E-state index contributed by atoms with van der Waals surface area (Å²) in [6.45, 7) is 3.38. The van der Waals surface area contributed by atoms with Gasteiger partial charge in [-0.2, -0.15) is 4.98 Å². The number of carbonyl (C=O) groups excluding carboxylic acids is 1. The highest BCUT2D eigenvalue weighted by Gasteiger charge is 2.18. The molecule has 0 unspecified atom stereocenters. The van der Waals surface area contributed by atoms with E-state index in [9.17, 15) is 14.4 Å². The Hall–Kier alpha value is -4.79. The van der Waals surface area contributed by atoms with E-state index >= 15 is 0 Å². The van der Waals surface area contributed by atoms with Crippen molar-refractivity contribution in [3.05, 3.63) is 111 Å². The zero-order valence-electron chi connectivity index (χ0n) is 19.8. The summed E-state index contributed by atoms with van der Waals surface area (Å²) in [5.41, 5.74) is 2.63. The number of para-hydroxylation sites is 1. The van der Waals surface area contributed by atoms with Crippen molar-refractivity contribution in [2.45, 2.75) is 26.9 Å². The van der Waals surface area contributed by atoms with Gasteiger partial charge >= 0.3 is 5.69 Å². The topological polar surface area (TPSA) is 112 Å². The van der Waals surface area contributed by atoms with Crippen LogP contribution in [0.15, 0.2) is 86.9 Å². The fourth-order valence-corrected chi connectivity index (χ4v) is 4.11. The number of aryl methyl sites for hydroxylation is 2. The Morgan fingerprint density at radius 2 is 1.69 bits per heavy atom. The van der Waals surface area contributed by atoms with E-state index < -0.39 is 11.2 Å². The summed E-state index contributed by atoms with van der Waals surface area (Å²) in [7, 11) is 0. The average molecular weight is 482 g/mol. The predicted octanol–water partition coefficient (Wildman–Crippen LogP) is 3.52. The number of carbonyl (C=O) groups is 1. The molecule has 0 radical (unpaired) electrons. The van der Waals surface area contributed by atoms with Crippen molar-refractivity contribution in [2.24, 2.45) is 0 Å². The first-order valence-electron chi connectivity index (χ1n) is 11.4. The van der Waals surface area contributed by atoms with Gasteiger partial charge in [0.2, 0.25) is 17.6 Å². The van der Waals surface area contributed by atoms with Crippen LogP contribution in [0.4, 0.5) is 5.69 Å². The molecule has 0 aliphatic carbocycles. The molecule has 36 heavy (non-hydrogen) atoms. The van der Waals surface area contributed by atoms with Crippen LogP contribution in [0.2, 0.25) is 0 Å². The first kappa shape index (κ1) is 23.0. The molecule has 5 rings (SSSR count). The number of fused-ring (bicyclic) bond motifs is 1. The second-order valence-corrected chi connectivity index (χ2v) is 8.52. The molecule has 0 aliphatic heterocycles. The van der Waals surface area contributed by atoms with E-state index in [1.807, 2.05) is 62.4 Å². The number of amides is 1. The van der Waals surface area contributed by atoms with Crippen LogP contribution in [0.1, 0.15) is 17.0 Å². The molecular formula is C27H23N5O4. The summed E-state index contributed by atoms with van der Waals surface area (Å²) in [5.74, 6) is 0.0748. The summed E-state index contributed by atoms with van der Waals surface area (Å²) in [4.78, 5) is 43.9. The van der Waals surface area contributed by atoms with Gasteiger partial charge in [0.1, 0.15) is 13.1 Å². The van der Waals surface area contributed by atoms with Crippen LogP contribution in [0.3, 0.4) is 0 Å². The summed E-state index contributed by atoms with van der Waals surface area (Å²) < 4.78 is 7.61. The SMILES string of the molecule is Cc1ccc(NC(=O)Cn2c(=O)n(Cc3nc(-c4ccccc4)no3)c(=O)c3ccccc32)c(C)c1. The van der Waals surface area contributed by atoms with Gasteiger partial charge in [0, 0.05) is 11.3 Å². The fourth-order valence-electron chi connectivity index (χ4n) is 4.11. The van der Waals surface area contributed by atoms with Crippen LogP contribution < -0.4 is 16.6 Å². The Morgan fingerprint density at radius 3 is 2.47 bits per heavy atom. The fraction of sp³-hybridized carbons (Fsp3) is 0.148. The van der Waals surface area contributed by atoms with Crippen LogP contribution in [-0.2, 0) is 17.9 Å². The lowest BCUT2D eigenvalue weighted by atomic mass is 10.1. The lowest BCUT2D eigenvalue weighted by Crippen LogP contribution is -2.42. The number of nitrogens with one attached hydrogen (secondary N) is 1. The molecule has 9 heteroatoms. The van der Waals surface area contributed by atoms with Crippen molar-refractivity contribution in [2.75, 3.05) is 5.32 Å². The van der Waals surface area contributed by atoms with Gasteiger partial charge in [-0.25, -0.2) is 4.79 Å². The molecule has 2 heterocycles. The Morgan fingerprint density at radius 1 is 0.944 bits per heavy atom. The van der Waals surface area contributed by atoms with E-state index in [-0.39, 0.29) is 24.9 Å². The molecule has 1 amide bonds. The Balaban J connectivity index is 1.50. The van der Waals surface area contributed by atoms with Crippen molar-refractivity contribution >= 4 is 22.5 Å². The third kappa shape index (κ3) is 4.46. The van der Waals surface area contributed by atoms with Crippen molar-refractivity contribution < 1.29 is 9.32 Å². The molecular weight excluding hydrogens is 458 g/mol. The molecule has 9 nitrogen and oxygen atoms in total. The Kier molecular flexibility index (Phi) is 6.03. The molecule has 0 fully saturated rings. The van der Waals surface area contributed by atoms with Gasteiger partial charge in [-0.3, -0.25) is 18.7 Å². The van der Waals surface area contributed by atoms with Gasteiger partial charge < -0.3 is 9.84 Å². The third-order valence-electron chi connectivity index (χ3n) is 5.88. The lowest BCUT2D eigenvalue weighted by Gasteiger charge is -2.14. The molecule has 0 saturated heterocycles. The number of nitrogens with zero attached hydrogens (tertiary/aromatic N) is 4. The maximum absolute atomic E-state index is 13.4. The minimum Gasteiger partial charge on any atom is -0.337 e.